The van der Waals surface area contributed by atoms with E-state index >= 15 is 0 Å². The smallest absolute Gasteiger partial charge is 0.164 e. The highest BCUT2D eigenvalue weighted by molar-refractivity contribution is 7.10. The molecule has 0 aliphatic carbocycles. The number of nitrogens with zero attached hydrogens (tertiary/aromatic N) is 1. The molecule has 1 rings (SSSR count). The lowest BCUT2D eigenvalue weighted by Crippen LogP contribution is -2.24. The molecule has 102 valence electrons. The van der Waals surface area contributed by atoms with Gasteiger partial charge in [0, 0.05) is 6.54 Å². The molecule has 0 bridgehead atoms. The zero-order valence-electron chi connectivity index (χ0n) is 12.2. The monoisotopic (exact) mass is 268 g/mol. The normalized spacial score (nSPS) is 11.6. The van der Waals surface area contributed by atoms with E-state index in [1.54, 1.807) is 6.92 Å². The molecule has 3 nitrogen and oxygen atoms in total. The van der Waals surface area contributed by atoms with Crippen molar-refractivity contribution in [3.8, 4) is 0 Å². The van der Waals surface area contributed by atoms with Crippen LogP contribution in [0.2, 0.25) is 0 Å². The van der Waals surface area contributed by atoms with Crippen LogP contribution in [0.1, 0.15) is 50.7 Å². The van der Waals surface area contributed by atoms with Crippen molar-refractivity contribution in [3.05, 3.63) is 11.3 Å². The average molecular weight is 268 g/mol. The minimum absolute atomic E-state index is 0.0920. The van der Waals surface area contributed by atoms with Crippen molar-refractivity contribution in [3.63, 3.8) is 0 Å². The second-order valence-electron chi connectivity index (χ2n) is 5.56. The molecule has 0 saturated carbocycles. The van der Waals surface area contributed by atoms with E-state index in [0.717, 1.165) is 22.8 Å². The number of carbonyl (C=O) groups excluding carboxylic acids is 1. The number of carbonyl (C=O) groups is 1. The first-order valence-corrected chi connectivity index (χ1v) is 7.33. The summed E-state index contributed by atoms with van der Waals surface area (Å²) < 4.78 is 4.26. The highest BCUT2D eigenvalue weighted by Crippen LogP contribution is 2.27. The van der Waals surface area contributed by atoms with Gasteiger partial charge < -0.3 is 5.32 Å². The summed E-state index contributed by atoms with van der Waals surface area (Å²) in [6, 6.07) is 0. The molecule has 0 radical (unpaired) electrons. The zero-order chi connectivity index (χ0) is 13.9. The number of hydrogen-bond donors (Lipinski definition) is 1. The van der Waals surface area contributed by atoms with E-state index in [0.29, 0.717) is 17.8 Å². The number of rotatable bonds is 6. The Bertz CT molecular complexity index is 402. The largest absolute Gasteiger partial charge is 0.375 e. The lowest BCUT2D eigenvalue weighted by atomic mass is 9.85. The maximum Gasteiger partial charge on any atom is 0.164 e. The number of anilines is 1. The van der Waals surface area contributed by atoms with E-state index in [9.17, 15) is 4.79 Å². The summed E-state index contributed by atoms with van der Waals surface area (Å²) in [6.45, 7) is 13.4. The van der Waals surface area contributed by atoms with Crippen LogP contribution in [0.5, 0.6) is 0 Å². The second kappa shape index (κ2) is 6.32. The third-order valence-electron chi connectivity index (χ3n) is 3.43. The van der Waals surface area contributed by atoms with Crippen LogP contribution in [-0.4, -0.2) is 16.7 Å². The van der Waals surface area contributed by atoms with E-state index in [-0.39, 0.29) is 5.78 Å². The molecule has 1 aromatic heterocycles. The molecule has 0 aromatic carbocycles. The maximum absolute atomic E-state index is 11.6. The van der Waals surface area contributed by atoms with Gasteiger partial charge in [0.2, 0.25) is 0 Å². The number of hydrogen-bond acceptors (Lipinski definition) is 4. The van der Waals surface area contributed by atoms with Crippen LogP contribution in [0.25, 0.3) is 0 Å². The van der Waals surface area contributed by atoms with Gasteiger partial charge in [0.1, 0.15) is 5.00 Å². The van der Waals surface area contributed by atoms with Crippen LogP contribution in [0.3, 0.4) is 0 Å². The van der Waals surface area contributed by atoms with Gasteiger partial charge in [-0.1, -0.05) is 27.7 Å². The fourth-order valence-electron chi connectivity index (χ4n) is 2.36. The number of aryl methyl sites for hydroxylation is 1. The molecule has 0 aliphatic rings. The van der Waals surface area contributed by atoms with Crippen molar-refractivity contribution in [1.29, 1.82) is 0 Å². The fourth-order valence-corrected chi connectivity index (χ4v) is 3.21. The van der Waals surface area contributed by atoms with E-state index in [1.165, 1.54) is 11.5 Å². The summed E-state index contributed by atoms with van der Waals surface area (Å²) in [6.07, 6.45) is 0. The molecule has 1 N–H and O–H groups in total. The number of aromatic nitrogens is 1. The summed E-state index contributed by atoms with van der Waals surface area (Å²) in [5.41, 5.74) is 1.59. The van der Waals surface area contributed by atoms with Crippen molar-refractivity contribution in [2.24, 2.45) is 17.8 Å². The summed E-state index contributed by atoms with van der Waals surface area (Å²) >= 11 is 1.39. The first-order chi connectivity index (χ1) is 8.34. The number of Topliss-reactive ketones (excluding diaryl/α,β-unsaturated/α-hetero) is 1. The van der Waals surface area contributed by atoms with Crippen LogP contribution in [0.15, 0.2) is 0 Å². The third-order valence-corrected chi connectivity index (χ3v) is 4.32. The van der Waals surface area contributed by atoms with E-state index in [1.807, 2.05) is 6.92 Å². The van der Waals surface area contributed by atoms with Gasteiger partial charge in [0.05, 0.1) is 11.3 Å². The molecule has 0 aliphatic heterocycles. The third kappa shape index (κ3) is 3.55. The van der Waals surface area contributed by atoms with Crippen LogP contribution in [0, 0.1) is 24.7 Å². The molecule has 0 unspecified atom stereocenters. The molecular formula is C14H24N2OS. The first kappa shape index (κ1) is 15.2. The summed E-state index contributed by atoms with van der Waals surface area (Å²) in [7, 11) is 0. The van der Waals surface area contributed by atoms with Gasteiger partial charge in [-0.25, -0.2) is 0 Å². The predicted molar refractivity (Wildman–Crippen MR) is 78.5 cm³/mol. The number of ketones is 1. The molecule has 0 saturated heterocycles. The van der Waals surface area contributed by atoms with Crippen molar-refractivity contribution in [1.82, 2.24) is 4.37 Å². The van der Waals surface area contributed by atoms with Gasteiger partial charge in [-0.05, 0) is 43.1 Å². The quantitative estimate of drug-likeness (QED) is 0.793. The maximum atomic E-state index is 11.6. The van der Waals surface area contributed by atoms with Gasteiger partial charge in [-0.15, -0.1) is 0 Å². The second-order valence-corrected chi connectivity index (χ2v) is 6.33. The molecule has 0 amide bonds. The molecule has 4 heteroatoms. The lowest BCUT2D eigenvalue weighted by Gasteiger charge is -2.25. The highest BCUT2D eigenvalue weighted by atomic mass is 32.1. The van der Waals surface area contributed by atoms with Crippen LogP contribution in [0.4, 0.5) is 5.00 Å². The van der Waals surface area contributed by atoms with Crippen LogP contribution < -0.4 is 5.32 Å². The Hall–Kier alpha value is -0.900. The molecular weight excluding hydrogens is 244 g/mol. The van der Waals surface area contributed by atoms with Crippen LogP contribution >= 0.6 is 11.5 Å². The van der Waals surface area contributed by atoms with Crippen molar-refractivity contribution in [2.75, 3.05) is 11.9 Å². The van der Waals surface area contributed by atoms with Gasteiger partial charge in [-0.3, -0.25) is 4.79 Å². The Morgan fingerprint density at radius 2 is 1.83 bits per heavy atom. The first-order valence-electron chi connectivity index (χ1n) is 6.55. The van der Waals surface area contributed by atoms with Gasteiger partial charge in [0.15, 0.2) is 5.78 Å². The standard InChI is InChI=1S/C14H24N2OS/c1-8(2)12(9(3)4)7-15-14-13(11(6)17)10(5)16-18-14/h8-9,12,15H,7H2,1-6H3. The molecule has 0 fully saturated rings. The minimum atomic E-state index is 0.0920. The van der Waals surface area contributed by atoms with Gasteiger partial charge in [0.25, 0.3) is 0 Å². The predicted octanol–water partition coefficient (Wildman–Crippen LogP) is 3.99. The Balaban J connectivity index is 2.77. The molecule has 0 spiro atoms. The van der Waals surface area contributed by atoms with Gasteiger partial charge >= 0.3 is 0 Å². The Kier molecular flexibility index (Phi) is 5.32. The minimum Gasteiger partial charge on any atom is -0.375 e. The van der Waals surface area contributed by atoms with Crippen molar-refractivity contribution in [2.45, 2.75) is 41.5 Å². The lowest BCUT2D eigenvalue weighted by molar-refractivity contribution is 0.101. The fraction of sp³-hybridized carbons (Fsp3) is 0.714. The average Bonchev–Trinajstić information content (AvgIpc) is 2.58. The van der Waals surface area contributed by atoms with Crippen molar-refractivity contribution >= 4 is 22.3 Å². The Labute approximate surface area is 114 Å². The topological polar surface area (TPSA) is 42.0 Å². The van der Waals surface area contributed by atoms with E-state index in [2.05, 4.69) is 37.4 Å². The van der Waals surface area contributed by atoms with Gasteiger partial charge in [-0.2, -0.15) is 4.37 Å². The Morgan fingerprint density at radius 3 is 2.28 bits per heavy atom. The molecule has 0 atom stereocenters. The number of nitrogens with one attached hydrogen (secondary N) is 1. The highest BCUT2D eigenvalue weighted by Gasteiger charge is 2.20. The van der Waals surface area contributed by atoms with Crippen molar-refractivity contribution < 1.29 is 4.79 Å². The summed E-state index contributed by atoms with van der Waals surface area (Å²) in [4.78, 5) is 11.6. The zero-order valence-corrected chi connectivity index (χ0v) is 13.0. The summed E-state index contributed by atoms with van der Waals surface area (Å²) in [5, 5.41) is 4.34. The van der Waals surface area contributed by atoms with E-state index in [4.69, 9.17) is 0 Å². The Morgan fingerprint density at radius 1 is 1.28 bits per heavy atom. The molecule has 1 heterocycles. The van der Waals surface area contributed by atoms with Crippen LogP contribution in [-0.2, 0) is 0 Å². The summed E-state index contributed by atoms with van der Waals surface area (Å²) in [5.74, 6) is 1.96. The van der Waals surface area contributed by atoms with E-state index < -0.39 is 0 Å². The molecule has 18 heavy (non-hydrogen) atoms. The SMILES string of the molecule is CC(=O)c1c(C)nsc1NCC(C(C)C)C(C)C. The molecule has 1 aromatic rings.